The molecule has 0 bridgehead atoms. The van der Waals surface area contributed by atoms with E-state index < -0.39 is 17.7 Å². The van der Waals surface area contributed by atoms with E-state index in [4.69, 9.17) is 9.47 Å². The van der Waals surface area contributed by atoms with E-state index in [0.717, 1.165) is 31.2 Å². The molecule has 1 aliphatic carbocycles. The number of alkyl carbamates (subject to hydrolysis) is 1. The minimum absolute atomic E-state index is 0.0595. The highest BCUT2D eigenvalue weighted by atomic mass is 16.6. The van der Waals surface area contributed by atoms with E-state index in [1.807, 2.05) is 30.3 Å². The molecule has 0 heterocycles. The Morgan fingerprint density at radius 1 is 0.943 bits per heavy atom. The molecular formula is C28H36N2O5. The molecule has 1 saturated carbocycles. The third kappa shape index (κ3) is 9.08. The lowest BCUT2D eigenvalue weighted by Crippen LogP contribution is -2.51. The summed E-state index contributed by atoms with van der Waals surface area (Å²) in [5.41, 5.74) is 0.792. The van der Waals surface area contributed by atoms with Crippen LogP contribution in [0.3, 0.4) is 0 Å². The van der Waals surface area contributed by atoms with Gasteiger partial charge in [0, 0.05) is 18.0 Å². The highest BCUT2D eigenvalue weighted by molar-refractivity contribution is 5.97. The number of hydrogen-bond donors (Lipinski definition) is 2. The number of amides is 2. The molecule has 3 rings (SSSR count). The average Bonchev–Trinajstić information content (AvgIpc) is 2.83. The Kier molecular flexibility index (Phi) is 9.29. The zero-order valence-corrected chi connectivity index (χ0v) is 20.8. The minimum Gasteiger partial charge on any atom is -0.485 e. The Hall–Kier alpha value is -3.35. The van der Waals surface area contributed by atoms with Crippen molar-refractivity contribution < 1.29 is 23.9 Å². The van der Waals surface area contributed by atoms with Gasteiger partial charge in [-0.25, -0.2) is 4.79 Å². The normalized spacial score (nSPS) is 15.1. The fourth-order valence-electron chi connectivity index (χ4n) is 4.02. The number of carbonyl (C=O) groups is 3. The van der Waals surface area contributed by atoms with Crippen molar-refractivity contribution in [2.45, 2.75) is 77.0 Å². The Morgan fingerprint density at radius 3 is 2.23 bits per heavy atom. The van der Waals surface area contributed by atoms with Crippen LogP contribution < -0.4 is 15.4 Å². The summed E-state index contributed by atoms with van der Waals surface area (Å²) in [6, 6.07) is 15.6. The molecule has 7 nitrogen and oxygen atoms in total. The van der Waals surface area contributed by atoms with Gasteiger partial charge in [0.1, 0.15) is 17.4 Å². The van der Waals surface area contributed by atoms with Crippen LogP contribution >= 0.6 is 0 Å². The molecule has 1 atom stereocenters. The van der Waals surface area contributed by atoms with E-state index in [-0.39, 0.29) is 24.3 Å². The molecule has 0 radical (unpaired) electrons. The van der Waals surface area contributed by atoms with E-state index in [0.29, 0.717) is 17.7 Å². The molecule has 2 aromatic rings. The highest BCUT2D eigenvalue weighted by Gasteiger charge is 2.27. The van der Waals surface area contributed by atoms with Gasteiger partial charge in [-0.05, 0) is 51.3 Å². The Balaban J connectivity index is 1.61. The van der Waals surface area contributed by atoms with Crippen molar-refractivity contribution in [1.29, 1.82) is 0 Å². The first-order valence-electron chi connectivity index (χ1n) is 12.3. The summed E-state index contributed by atoms with van der Waals surface area (Å²) in [5, 5.41) is 5.83. The Labute approximate surface area is 207 Å². The maximum absolute atomic E-state index is 13.1. The first-order chi connectivity index (χ1) is 16.7. The fraction of sp³-hybridized carbons (Fsp3) is 0.464. The van der Waals surface area contributed by atoms with Crippen LogP contribution in [0.5, 0.6) is 5.75 Å². The minimum atomic E-state index is -0.766. The molecule has 1 fully saturated rings. The quantitative estimate of drug-likeness (QED) is 0.501. The number of ketones is 1. The first-order valence-corrected chi connectivity index (χ1v) is 12.3. The number of benzene rings is 2. The van der Waals surface area contributed by atoms with Crippen molar-refractivity contribution in [1.82, 2.24) is 10.6 Å². The Morgan fingerprint density at radius 2 is 1.60 bits per heavy atom. The van der Waals surface area contributed by atoms with Gasteiger partial charge in [-0.2, -0.15) is 0 Å². The summed E-state index contributed by atoms with van der Waals surface area (Å²) in [4.78, 5) is 37.7. The monoisotopic (exact) mass is 480 g/mol. The van der Waals surface area contributed by atoms with Crippen molar-refractivity contribution in [2.24, 2.45) is 0 Å². The number of nitrogens with one attached hydrogen (secondary N) is 2. The zero-order valence-electron chi connectivity index (χ0n) is 20.8. The van der Waals surface area contributed by atoms with Crippen molar-refractivity contribution in [3.05, 3.63) is 65.7 Å². The summed E-state index contributed by atoms with van der Waals surface area (Å²) < 4.78 is 11.0. The topological polar surface area (TPSA) is 93.7 Å². The Bertz CT molecular complexity index is 977. The van der Waals surface area contributed by atoms with Crippen LogP contribution in [0.25, 0.3) is 0 Å². The van der Waals surface area contributed by atoms with E-state index in [1.54, 1.807) is 45.0 Å². The van der Waals surface area contributed by atoms with Crippen LogP contribution in [0.2, 0.25) is 0 Å². The van der Waals surface area contributed by atoms with E-state index in [1.165, 1.54) is 6.42 Å². The smallest absolute Gasteiger partial charge is 0.408 e. The van der Waals surface area contributed by atoms with Gasteiger partial charge in [-0.15, -0.1) is 0 Å². The number of Topliss-reactive ketones (excluding diaryl/α,β-unsaturated/α-hetero) is 1. The van der Waals surface area contributed by atoms with Gasteiger partial charge in [-0.1, -0.05) is 61.7 Å². The van der Waals surface area contributed by atoms with Crippen LogP contribution in [0, 0.1) is 0 Å². The molecule has 2 aromatic carbocycles. The van der Waals surface area contributed by atoms with Crippen LogP contribution in [-0.4, -0.2) is 42.1 Å². The average molecular weight is 481 g/mol. The summed E-state index contributed by atoms with van der Waals surface area (Å²) in [5.74, 6) is 0.244. The number of ether oxygens (including phenoxy) is 2. The molecular weight excluding hydrogens is 444 g/mol. The molecule has 0 saturated heterocycles. The van der Waals surface area contributed by atoms with Gasteiger partial charge in [0.2, 0.25) is 5.91 Å². The molecule has 188 valence electrons. The molecule has 1 aliphatic rings. The maximum Gasteiger partial charge on any atom is 0.408 e. The van der Waals surface area contributed by atoms with Crippen molar-refractivity contribution in [3.63, 3.8) is 0 Å². The number of carbonyl (C=O) groups excluding carboxylic acids is 3. The molecule has 2 amide bonds. The highest BCUT2D eigenvalue weighted by Crippen LogP contribution is 2.19. The van der Waals surface area contributed by atoms with Crippen molar-refractivity contribution in [2.75, 3.05) is 6.61 Å². The standard InChI is InChI=1S/C28H36N2O5/c1-28(2,3)35-27(33)30-24(26(32)29-22-12-8-5-9-13-22)18-20-14-16-23(17-15-20)34-19-25(31)21-10-6-4-7-11-21/h4,6-7,10-11,14-17,22,24H,5,8-9,12-13,18-19H2,1-3H3,(H,29,32)(H,30,33)/t24-/m0/s1. The summed E-state index contributed by atoms with van der Waals surface area (Å²) in [7, 11) is 0. The second-order valence-corrected chi connectivity index (χ2v) is 9.97. The third-order valence-electron chi connectivity index (χ3n) is 5.79. The second-order valence-electron chi connectivity index (χ2n) is 9.97. The van der Waals surface area contributed by atoms with Crippen LogP contribution in [0.1, 0.15) is 68.8 Å². The molecule has 0 aliphatic heterocycles. The number of hydrogen-bond acceptors (Lipinski definition) is 5. The van der Waals surface area contributed by atoms with Gasteiger partial charge in [0.15, 0.2) is 12.4 Å². The molecule has 7 heteroatoms. The van der Waals surface area contributed by atoms with Gasteiger partial charge >= 0.3 is 6.09 Å². The predicted octanol–water partition coefficient (Wildman–Crippen LogP) is 4.83. The van der Waals surface area contributed by atoms with Gasteiger partial charge < -0.3 is 20.1 Å². The molecule has 0 spiro atoms. The zero-order chi connectivity index (χ0) is 25.3. The summed E-state index contributed by atoms with van der Waals surface area (Å²) in [6.07, 6.45) is 4.99. The van der Waals surface area contributed by atoms with E-state index in [2.05, 4.69) is 10.6 Å². The van der Waals surface area contributed by atoms with E-state index >= 15 is 0 Å². The van der Waals surface area contributed by atoms with E-state index in [9.17, 15) is 14.4 Å². The van der Waals surface area contributed by atoms with Crippen LogP contribution in [0.15, 0.2) is 54.6 Å². The van der Waals surface area contributed by atoms with Crippen LogP contribution in [-0.2, 0) is 16.0 Å². The summed E-state index contributed by atoms with van der Waals surface area (Å²) >= 11 is 0. The third-order valence-corrected chi connectivity index (χ3v) is 5.79. The molecule has 0 unspecified atom stereocenters. The first kappa shape index (κ1) is 26.3. The van der Waals surface area contributed by atoms with Gasteiger partial charge in [0.05, 0.1) is 0 Å². The van der Waals surface area contributed by atoms with Gasteiger partial charge in [-0.3, -0.25) is 9.59 Å². The lowest BCUT2D eigenvalue weighted by atomic mass is 9.95. The molecule has 2 N–H and O–H groups in total. The molecule has 0 aromatic heterocycles. The molecule has 35 heavy (non-hydrogen) atoms. The lowest BCUT2D eigenvalue weighted by Gasteiger charge is -2.27. The summed E-state index contributed by atoms with van der Waals surface area (Å²) in [6.45, 7) is 5.29. The SMILES string of the molecule is CC(C)(C)OC(=O)N[C@@H](Cc1ccc(OCC(=O)c2ccccc2)cc1)C(=O)NC1CCCCC1. The van der Waals surface area contributed by atoms with Crippen molar-refractivity contribution >= 4 is 17.8 Å². The van der Waals surface area contributed by atoms with Crippen LogP contribution in [0.4, 0.5) is 4.79 Å². The predicted molar refractivity (Wildman–Crippen MR) is 135 cm³/mol. The maximum atomic E-state index is 13.1. The largest absolute Gasteiger partial charge is 0.485 e. The van der Waals surface area contributed by atoms with Gasteiger partial charge in [0.25, 0.3) is 0 Å². The fourth-order valence-corrected chi connectivity index (χ4v) is 4.02. The lowest BCUT2D eigenvalue weighted by molar-refractivity contribution is -0.124. The second kappa shape index (κ2) is 12.4. The number of rotatable bonds is 9. The van der Waals surface area contributed by atoms with Crippen molar-refractivity contribution in [3.8, 4) is 5.75 Å².